The number of nitriles is 1. The Morgan fingerprint density at radius 3 is 2.74 bits per heavy atom. The number of hydrogen-bond donors (Lipinski definition) is 1. The van der Waals surface area contributed by atoms with Crippen molar-refractivity contribution >= 4 is 21.9 Å². The van der Waals surface area contributed by atoms with E-state index in [0.717, 1.165) is 0 Å². The minimum absolute atomic E-state index is 0.0405. The number of aromatic nitrogens is 1. The fourth-order valence-corrected chi connectivity index (χ4v) is 1.75. The van der Waals surface area contributed by atoms with E-state index < -0.39 is 5.97 Å². The average molecular weight is 319 g/mol. The van der Waals surface area contributed by atoms with E-state index in [1.807, 2.05) is 6.07 Å². The highest BCUT2D eigenvalue weighted by Gasteiger charge is 2.12. The van der Waals surface area contributed by atoms with Gasteiger partial charge in [-0.15, -0.1) is 0 Å². The zero-order chi connectivity index (χ0) is 13.8. The first-order valence-corrected chi connectivity index (χ1v) is 5.96. The molecule has 94 valence electrons. The fourth-order valence-electron chi connectivity index (χ4n) is 1.39. The van der Waals surface area contributed by atoms with Crippen LogP contribution in [0.4, 0.5) is 0 Å². The van der Waals surface area contributed by atoms with E-state index in [1.54, 1.807) is 18.2 Å². The molecule has 0 saturated heterocycles. The first kappa shape index (κ1) is 13.1. The van der Waals surface area contributed by atoms with E-state index in [1.165, 1.54) is 18.3 Å². The molecule has 1 N–H and O–H groups in total. The predicted octanol–water partition coefficient (Wildman–Crippen LogP) is 3.21. The van der Waals surface area contributed by atoms with Crippen molar-refractivity contribution in [3.8, 4) is 17.6 Å². The maximum atomic E-state index is 11.1. The molecule has 2 aromatic rings. The average Bonchev–Trinajstić information content (AvgIpc) is 2.41. The van der Waals surface area contributed by atoms with Crippen LogP contribution in [-0.2, 0) is 0 Å². The molecule has 1 aromatic carbocycles. The Balaban J connectivity index is 2.32. The largest absolute Gasteiger partial charge is 0.478 e. The minimum atomic E-state index is -1.09. The smallest absolute Gasteiger partial charge is 0.339 e. The second-order valence-corrected chi connectivity index (χ2v) is 4.45. The predicted molar refractivity (Wildman–Crippen MR) is 70.1 cm³/mol. The Morgan fingerprint density at radius 2 is 2.16 bits per heavy atom. The maximum absolute atomic E-state index is 11.1. The number of pyridine rings is 1. The highest BCUT2D eigenvalue weighted by atomic mass is 79.9. The van der Waals surface area contributed by atoms with Crippen LogP contribution >= 0.6 is 15.9 Å². The van der Waals surface area contributed by atoms with Crippen LogP contribution < -0.4 is 4.74 Å². The van der Waals surface area contributed by atoms with Gasteiger partial charge in [0.05, 0.1) is 6.20 Å². The van der Waals surface area contributed by atoms with Crippen LogP contribution in [0, 0.1) is 11.3 Å². The Bertz CT molecular complexity index is 663. The first-order chi connectivity index (χ1) is 9.10. The van der Waals surface area contributed by atoms with Gasteiger partial charge >= 0.3 is 5.97 Å². The molecule has 0 radical (unpaired) electrons. The molecule has 1 heterocycles. The number of ether oxygens (including phenoxy) is 1. The number of aromatic carboxylic acids is 1. The van der Waals surface area contributed by atoms with Gasteiger partial charge in [0, 0.05) is 4.47 Å². The third-order valence-corrected chi connectivity index (χ3v) is 2.74. The van der Waals surface area contributed by atoms with Gasteiger partial charge in [-0.2, -0.15) is 5.26 Å². The molecule has 6 heteroatoms. The van der Waals surface area contributed by atoms with E-state index in [4.69, 9.17) is 15.1 Å². The molecule has 1 aromatic heterocycles. The third-order valence-electron chi connectivity index (χ3n) is 2.25. The van der Waals surface area contributed by atoms with Gasteiger partial charge in [-0.05, 0) is 30.3 Å². The van der Waals surface area contributed by atoms with Gasteiger partial charge in [0.1, 0.15) is 28.8 Å². The lowest BCUT2D eigenvalue weighted by Gasteiger charge is -2.08. The second-order valence-electron chi connectivity index (χ2n) is 3.54. The lowest BCUT2D eigenvalue weighted by molar-refractivity contribution is 0.0694. The lowest BCUT2D eigenvalue weighted by Crippen LogP contribution is -2.00. The minimum Gasteiger partial charge on any atom is -0.478 e. The molecule has 0 amide bonds. The summed E-state index contributed by atoms with van der Waals surface area (Å²) in [6, 6.07) is 9.62. The molecule has 0 aliphatic rings. The van der Waals surface area contributed by atoms with Crippen molar-refractivity contribution in [1.29, 1.82) is 5.26 Å². The number of carboxylic acid groups (broad SMARTS) is 1. The molecule has 0 aliphatic carbocycles. The lowest BCUT2D eigenvalue weighted by atomic mass is 10.2. The standard InChI is InChI=1S/C13H7BrN2O3/c14-8-1-4-12(11(5-8)13(17)18)19-10-3-2-9(6-15)16-7-10/h1-5,7H,(H,17,18). The molecular formula is C13H7BrN2O3. The summed E-state index contributed by atoms with van der Waals surface area (Å²) in [6.45, 7) is 0. The summed E-state index contributed by atoms with van der Waals surface area (Å²) >= 11 is 3.20. The molecule has 5 nitrogen and oxygen atoms in total. The Hall–Kier alpha value is -2.39. The zero-order valence-electron chi connectivity index (χ0n) is 9.50. The molecule has 0 unspecified atom stereocenters. The molecule has 2 rings (SSSR count). The normalized spacial score (nSPS) is 9.68. The number of benzene rings is 1. The van der Waals surface area contributed by atoms with Gasteiger partial charge in [0.25, 0.3) is 0 Å². The molecule has 0 fully saturated rings. The van der Waals surface area contributed by atoms with E-state index >= 15 is 0 Å². The van der Waals surface area contributed by atoms with E-state index in [9.17, 15) is 4.79 Å². The monoisotopic (exact) mass is 318 g/mol. The number of halogens is 1. The van der Waals surface area contributed by atoms with Crippen LogP contribution in [0.3, 0.4) is 0 Å². The van der Waals surface area contributed by atoms with Crippen molar-refractivity contribution < 1.29 is 14.6 Å². The van der Waals surface area contributed by atoms with Crippen LogP contribution in [0.2, 0.25) is 0 Å². The number of carboxylic acids is 1. The first-order valence-electron chi connectivity index (χ1n) is 5.17. The van der Waals surface area contributed by atoms with Gasteiger partial charge in [0.15, 0.2) is 0 Å². The molecule has 0 bridgehead atoms. The fraction of sp³-hybridized carbons (Fsp3) is 0. The number of carbonyl (C=O) groups is 1. The molecular weight excluding hydrogens is 312 g/mol. The molecule has 19 heavy (non-hydrogen) atoms. The third kappa shape index (κ3) is 3.09. The van der Waals surface area contributed by atoms with E-state index in [0.29, 0.717) is 10.2 Å². The zero-order valence-corrected chi connectivity index (χ0v) is 11.1. The van der Waals surface area contributed by atoms with Gasteiger partial charge < -0.3 is 9.84 Å². The number of nitrogens with zero attached hydrogens (tertiary/aromatic N) is 2. The van der Waals surface area contributed by atoms with Crippen LogP contribution in [-0.4, -0.2) is 16.1 Å². The topological polar surface area (TPSA) is 83.2 Å². The van der Waals surface area contributed by atoms with Crippen LogP contribution in [0.5, 0.6) is 11.5 Å². The summed E-state index contributed by atoms with van der Waals surface area (Å²) in [4.78, 5) is 14.9. The number of hydrogen-bond acceptors (Lipinski definition) is 4. The number of rotatable bonds is 3. The molecule has 0 saturated carbocycles. The van der Waals surface area contributed by atoms with Crippen molar-refractivity contribution in [1.82, 2.24) is 4.98 Å². The Labute approximate surface area is 117 Å². The van der Waals surface area contributed by atoms with Gasteiger partial charge in [-0.1, -0.05) is 15.9 Å². The van der Waals surface area contributed by atoms with Crippen LogP contribution in [0.15, 0.2) is 41.0 Å². The van der Waals surface area contributed by atoms with Gasteiger partial charge in [-0.25, -0.2) is 9.78 Å². The summed E-state index contributed by atoms with van der Waals surface area (Å²) < 4.78 is 6.10. The highest BCUT2D eigenvalue weighted by Crippen LogP contribution is 2.27. The van der Waals surface area contributed by atoms with Crippen molar-refractivity contribution in [2.24, 2.45) is 0 Å². The molecule has 0 spiro atoms. The maximum Gasteiger partial charge on any atom is 0.339 e. The van der Waals surface area contributed by atoms with Gasteiger partial charge in [0.2, 0.25) is 0 Å². The van der Waals surface area contributed by atoms with Crippen molar-refractivity contribution in [3.05, 3.63) is 52.3 Å². The van der Waals surface area contributed by atoms with Crippen molar-refractivity contribution in [2.45, 2.75) is 0 Å². The summed E-state index contributed by atoms with van der Waals surface area (Å²) in [5.41, 5.74) is 0.306. The molecule has 0 aliphatic heterocycles. The second kappa shape index (κ2) is 5.50. The van der Waals surface area contributed by atoms with E-state index in [-0.39, 0.29) is 17.0 Å². The summed E-state index contributed by atoms with van der Waals surface area (Å²) in [5, 5.41) is 17.7. The van der Waals surface area contributed by atoms with Crippen molar-refractivity contribution in [3.63, 3.8) is 0 Å². The van der Waals surface area contributed by atoms with Gasteiger partial charge in [-0.3, -0.25) is 0 Å². The Kier molecular flexibility index (Phi) is 3.78. The summed E-state index contributed by atoms with van der Waals surface area (Å²) in [7, 11) is 0. The van der Waals surface area contributed by atoms with Crippen LogP contribution in [0.1, 0.15) is 16.1 Å². The molecule has 0 atom stereocenters. The highest BCUT2D eigenvalue weighted by molar-refractivity contribution is 9.10. The summed E-state index contributed by atoms with van der Waals surface area (Å²) in [6.07, 6.45) is 1.37. The Morgan fingerprint density at radius 1 is 1.37 bits per heavy atom. The summed E-state index contributed by atoms with van der Waals surface area (Å²) in [5.74, 6) is -0.510. The quantitative estimate of drug-likeness (QED) is 0.939. The van der Waals surface area contributed by atoms with Crippen LogP contribution in [0.25, 0.3) is 0 Å². The SMILES string of the molecule is N#Cc1ccc(Oc2ccc(Br)cc2C(=O)O)cn1. The van der Waals surface area contributed by atoms with E-state index in [2.05, 4.69) is 20.9 Å². The van der Waals surface area contributed by atoms with Crippen molar-refractivity contribution in [2.75, 3.05) is 0 Å².